The number of nitrogens with zero attached hydrogens (tertiary/aromatic N) is 1. The van der Waals surface area contributed by atoms with Crippen molar-refractivity contribution in [3.63, 3.8) is 0 Å². The smallest absolute Gasteiger partial charge is 1.00 e. The third-order valence-electron chi connectivity index (χ3n) is 1.68. The van der Waals surface area contributed by atoms with E-state index in [0.29, 0.717) is 12.1 Å². The Hall–Kier alpha value is -1.00. The molecule has 0 radical (unpaired) electrons. The standard InChI is InChI=1S/C7H5NO7S.Na.H/c9-7(10)4-1-2-6(16(13,14)15)5(3-4)8(11)12;;/h1-3H,(H,9,10)(H,13,14,15);;/q;+1;-1. The molecule has 2 N–H and O–H groups in total. The van der Waals surface area contributed by atoms with E-state index >= 15 is 0 Å². The number of benzene rings is 1. The molecule has 1 aromatic carbocycles. The summed E-state index contributed by atoms with van der Waals surface area (Å²) in [6, 6.07) is 2.07. The molecule has 0 heterocycles. The predicted octanol–water partition coefficient (Wildman–Crippen LogP) is -2.34. The molecule has 1 aromatic rings. The molecule has 0 amide bonds. The van der Waals surface area contributed by atoms with Gasteiger partial charge in [-0.25, -0.2) is 4.79 Å². The van der Waals surface area contributed by atoms with Gasteiger partial charge in [0.05, 0.1) is 10.5 Å². The minimum absolute atomic E-state index is 0. The van der Waals surface area contributed by atoms with Crippen LogP contribution in [0.2, 0.25) is 0 Å². The van der Waals surface area contributed by atoms with Crippen molar-refractivity contribution >= 4 is 21.8 Å². The summed E-state index contributed by atoms with van der Waals surface area (Å²) < 4.78 is 30.2. The third-order valence-corrected chi connectivity index (χ3v) is 2.58. The van der Waals surface area contributed by atoms with Gasteiger partial charge in [0.25, 0.3) is 5.69 Å². The zero-order chi connectivity index (χ0) is 12.5. The van der Waals surface area contributed by atoms with E-state index < -0.39 is 37.2 Å². The average molecular weight is 271 g/mol. The van der Waals surface area contributed by atoms with E-state index in [0.717, 1.165) is 6.07 Å². The number of aromatic carboxylic acids is 1. The average Bonchev–Trinajstić information content (AvgIpc) is 2.15. The van der Waals surface area contributed by atoms with E-state index in [1.165, 1.54) is 0 Å². The molecule has 0 aliphatic carbocycles. The topological polar surface area (TPSA) is 135 Å². The summed E-state index contributed by atoms with van der Waals surface area (Å²) >= 11 is 0. The Morgan fingerprint density at radius 3 is 2.29 bits per heavy atom. The number of carboxylic acid groups (broad SMARTS) is 1. The Morgan fingerprint density at radius 2 is 1.94 bits per heavy atom. The number of carbonyl (C=O) groups is 1. The summed E-state index contributed by atoms with van der Waals surface area (Å²) in [4.78, 5) is 19.0. The fraction of sp³-hybridized carbons (Fsp3) is 0. The summed E-state index contributed by atoms with van der Waals surface area (Å²) in [5, 5.41) is 19.0. The van der Waals surface area contributed by atoms with Gasteiger partial charge in [0.15, 0.2) is 4.90 Å². The van der Waals surface area contributed by atoms with Crippen molar-refractivity contribution in [2.24, 2.45) is 0 Å². The molecule has 0 spiro atoms. The molecule has 0 saturated heterocycles. The van der Waals surface area contributed by atoms with E-state index in [-0.39, 0.29) is 31.0 Å². The number of carboxylic acids is 1. The molecular weight excluding hydrogens is 265 g/mol. The second-order valence-electron chi connectivity index (χ2n) is 2.72. The van der Waals surface area contributed by atoms with Crippen LogP contribution in [0.1, 0.15) is 11.8 Å². The van der Waals surface area contributed by atoms with Gasteiger partial charge in [0, 0.05) is 6.07 Å². The molecular formula is C7H6NNaO7S. The van der Waals surface area contributed by atoms with Gasteiger partial charge in [-0.2, -0.15) is 8.42 Å². The minimum Gasteiger partial charge on any atom is -1.00 e. The van der Waals surface area contributed by atoms with E-state index in [1.54, 1.807) is 0 Å². The van der Waals surface area contributed by atoms with Crippen LogP contribution < -0.4 is 29.6 Å². The van der Waals surface area contributed by atoms with Crippen molar-refractivity contribution in [1.29, 1.82) is 0 Å². The normalized spacial score (nSPS) is 10.4. The Bertz CT molecular complexity index is 573. The van der Waals surface area contributed by atoms with Crippen molar-refractivity contribution in [3.05, 3.63) is 33.9 Å². The molecule has 0 aromatic heterocycles. The van der Waals surface area contributed by atoms with Gasteiger partial charge in [0.2, 0.25) is 0 Å². The molecule has 0 aliphatic rings. The first-order valence-electron chi connectivity index (χ1n) is 3.72. The second kappa shape index (κ2) is 5.56. The minimum atomic E-state index is -4.76. The van der Waals surface area contributed by atoms with Gasteiger partial charge in [-0.15, -0.1) is 0 Å². The largest absolute Gasteiger partial charge is 1.00 e. The maximum absolute atomic E-state index is 10.7. The maximum Gasteiger partial charge on any atom is 1.00 e. The monoisotopic (exact) mass is 271 g/mol. The van der Waals surface area contributed by atoms with Crippen LogP contribution in [0.5, 0.6) is 0 Å². The first-order valence-corrected chi connectivity index (χ1v) is 5.16. The van der Waals surface area contributed by atoms with E-state index in [1.807, 2.05) is 0 Å². The molecule has 17 heavy (non-hydrogen) atoms. The number of nitro groups is 1. The van der Waals surface area contributed by atoms with Crippen LogP contribution in [0.15, 0.2) is 23.1 Å². The van der Waals surface area contributed by atoms with Gasteiger partial charge in [-0.1, -0.05) is 0 Å². The molecule has 0 bridgehead atoms. The number of rotatable bonds is 3. The van der Waals surface area contributed by atoms with E-state index in [4.69, 9.17) is 9.66 Å². The number of hydrogen-bond donors (Lipinski definition) is 2. The SMILES string of the molecule is O=C(O)c1ccc(S(=O)(=O)O)c([N+](=O)[O-])c1.[H-].[Na+]. The second-order valence-corrected chi connectivity index (χ2v) is 4.11. The van der Waals surface area contributed by atoms with Crippen molar-refractivity contribution < 1.29 is 58.8 Å². The van der Waals surface area contributed by atoms with Crippen LogP contribution in [0.25, 0.3) is 0 Å². The van der Waals surface area contributed by atoms with Crippen molar-refractivity contribution in [2.75, 3.05) is 0 Å². The van der Waals surface area contributed by atoms with E-state index in [2.05, 4.69) is 0 Å². The summed E-state index contributed by atoms with van der Waals surface area (Å²) in [6.07, 6.45) is 0. The third kappa shape index (κ3) is 3.75. The Labute approximate surface area is 119 Å². The molecule has 0 aliphatic heterocycles. The zero-order valence-corrected chi connectivity index (χ0v) is 11.3. The van der Waals surface area contributed by atoms with Gasteiger partial charge in [-0.3, -0.25) is 14.7 Å². The number of nitro benzene ring substituents is 1. The van der Waals surface area contributed by atoms with Gasteiger partial charge >= 0.3 is 45.6 Å². The molecule has 88 valence electrons. The van der Waals surface area contributed by atoms with Crippen LogP contribution >= 0.6 is 0 Å². The Balaban J connectivity index is 0. The summed E-state index contributed by atoms with van der Waals surface area (Å²) in [5.74, 6) is -1.44. The Morgan fingerprint density at radius 1 is 1.41 bits per heavy atom. The first-order chi connectivity index (χ1) is 7.23. The maximum atomic E-state index is 10.7. The molecule has 0 atom stereocenters. The summed E-state index contributed by atoms with van der Waals surface area (Å²) in [5.41, 5.74) is -1.43. The summed E-state index contributed by atoms with van der Waals surface area (Å²) in [7, 11) is -4.76. The van der Waals surface area contributed by atoms with Crippen LogP contribution in [0, 0.1) is 10.1 Å². The van der Waals surface area contributed by atoms with E-state index in [9.17, 15) is 23.3 Å². The fourth-order valence-corrected chi connectivity index (χ4v) is 1.65. The van der Waals surface area contributed by atoms with Gasteiger partial charge in [-0.05, 0) is 12.1 Å². The van der Waals surface area contributed by atoms with Crippen LogP contribution in [0.4, 0.5) is 5.69 Å². The Kier molecular flexibility index (Phi) is 5.23. The quantitative estimate of drug-likeness (QED) is 0.272. The van der Waals surface area contributed by atoms with Crippen LogP contribution in [-0.4, -0.2) is 29.0 Å². The van der Waals surface area contributed by atoms with Crippen LogP contribution in [-0.2, 0) is 10.1 Å². The zero-order valence-electron chi connectivity index (χ0n) is 9.52. The molecule has 0 unspecified atom stereocenters. The molecule has 10 heteroatoms. The molecule has 8 nitrogen and oxygen atoms in total. The summed E-state index contributed by atoms with van der Waals surface area (Å²) in [6.45, 7) is 0. The molecule has 1 rings (SSSR count). The molecule has 0 fully saturated rings. The predicted molar refractivity (Wildman–Crippen MR) is 51.0 cm³/mol. The van der Waals surface area contributed by atoms with Crippen molar-refractivity contribution in [3.8, 4) is 0 Å². The van der Waals surface area contributed by atoms with Crippen molar-refractivity contribution in [2.45, 2.75) is 4.90 Å². The molecule has 0 saturated carbocycles. The van der Waals surface area contributed by atoms with Crippen molar-refractivity contribution in [1.82, 2.24) is 0 Å². The van der Waals surface area contributed by atoms with Crippen LogP contribution in [0.3, 0.4) is 0 Å². The number of hydrogen-bond acceptors (Lipinski definition) is 5. The van der Waals surface area contributed by atoms with Gasteiger partial charge < -0.3 is 6.53 Å². The first kappa shape index (κ1) is 16.0. The fourth-order valence-electron chi connectivity index (χ4n) is 1.01. The van der Waals surface area contributed by atoms with Gasteiger partial charge in [0.1, 0.15) is 0 Å².